The molecule has 0 atom stereocenters. The molecule has 1 aromatic heterocycles. The molecule has 5 nitrogen and oxygen atoms in total. The molecule has 0 aliphatic carbocycles. The van der Waals surface area contributed by atoms with E-state index in [9.17, 15) is 9.90 Å². The van der Waals surface area contributed by atoms with Crippen LogP contribution in [0.3, 0.4) is 0 Å². The Labute approximate surface area is 171 Å². The molecule has 0 radical (unpaired) electrons. The Morgan fingerprint density at radius 3 is 2.59 bits per heavy atom. The number of aromatic hydroxyl groups is 1. The maximum Gasteiger partial charge on any atom is 0.275 e. The highest BCUT2D eigenvalue weighted by atomic mass is 127. The molecule has 6 heteroatoms. The van der Waals surface area contributed by atoms with Gasteiger partial charge >= 0.3 is 0 Å². The van der Waals surface area contributed by atoms with Crippen molar-refractivity contribution in [3.63, 3.8) is 0 Å². The Balaban J connectivity index is 1.82. The van der Waals surface area contributed by atoms with E-state index in [-0.39, 0.29) is 11.3 Å². The Morgan fingerprint density at radius 2 is 1.89 bits per heavy atom. The SMILES string of the molecule is Cc1cc(-n2c(C)cc(/C=N/NC(=O)c3ccccc3O)c2C)ccc1I. The van der Waals surface area contributed by atoms with E-state index in [2.05, 4.69) is 62.8 Å². The zero-order valence-electron chi connectivity index (χ0n) is 15.3. The number of hydrogen-bond donors (Lipinski definition) is 2. The Kier molecular flexibility index (Phi) is 5.65. The summed E-state index contributed by atoms with van der Waals surface area (Å²) in [5.74, 6) is -0.524. The maximum atomic E-state index is 12.1. The van der Waals surface area contributed by atoms with Crippen LogP contribution in [0.2, 0.25) is 0 Å². The molecule has 1 heterocycles. The van der Waals surface area contributed by atoms with Crippen LogP contribution in [0.5, 0.6) is 5.75 Å². The molecule has 0 unspecified atom stereocenters. The molecule has 0 bridgehead atoms. The summed E-state index contributed by atoms with van der Waals surface area (Å²) < 4.78 is 3.39. The van der Waals surface area contributed by atoms with Gasteiger partial charge in [-0.25, -0.2) is 5.43 Å². The molecule has 3 rings (SSSR count). The van der Waals surface area contributed by atoms with Gasteiger partial charge in [-0.05, 0) is 85.3 Å². The van der Waals surface area contributed by atoms with Gasteiger partial charge in [0.2, 0.25) is 0 Å². The fraction of sp³-hybridized carbons (Fsp3) is 0.143. The van der Waals surface area contributed by atoms with Crippen molar-refractivity contribution in [1.29, 1.82) is 0 Å². The maximum absolute atomic E-state index is 12.1. The van der Waals surface area contributed by atoms with Gasteiger partial charge in [0.25, 0.3) is 5.91 Å². The summed E-state index contributed by atoms with van der Waals surface area (Å²) in [7, 11) is 0. The predicted octanol–water partition coefficient (Wildman–Crippen LogP) is 4.48. The van der Waals surface area contributed by atoms with E-state index in [1.807, 2.05) is 19.9 Å². The van der Waals surface area contributed by atoms with Gasteiger partial charge in [-0.1, -0.05) is 12.1 Å². The minimum absolute atomic E-state index is 0.0718. The van der Waals surface area contributed by atoms with E-state index in [1.165, 1.54) is 15.2 Å². The van der Waals surface area contributed by atoms with Gasteiger partial charge in [0.05, 0.1) is 11.8 Å². The highest BCUT2D eigenvalue weighted by Crippen LogP contribution is 2.22. The lowest BCUT2D eigenvalue weighted by molar-refractivity contribution is 0.0952. The number of aromatic nitrogens is 1. The smallest absolute Gasteiger partial charge is 0.275 e. The zero-order chi connectivity index (χ0) is 19.6. The van der Waals surface area contributed by atoms with E-state index >= 15 is 0 Å². The standard InChI is InChI=1S/C21H20IN3O2/c1-13-10-17(8-9-19(13)22)25-14(2)11-16(15(25)3)12-23-24-21(27)18-6-4-5-7-20(18)26/h4-12,26H,1-3H3,(H,24,27)/b23-12+. The Morgan fingerprint density at radius 1 is 1.15 bits per heavy atom. The van der Waals surface area contributed by atoms with E-state index < -0.39 is 5.91 Å². The van der Waals surface area contributed by atoms with Gasteiger partial charge in [0, 0.05) is 26.2 Å². The van der Waals surface area contributed by atoms with Crippen LogP contribution in [0.25, 0.3) is 5.69 Å². The first-order valence-corrected chi connectivity index (χ1v) is 9.53. The number of para-hydroxylation sites is 1. The highest BCUT2D eigenvalue weighted by molar-refractivity contribution is 14.1. The summed E-state index contributed by atoms with van der Waals surface area (Å²) in [5.41, 5.74) is 8.01. The second-order valence-corrected chi connectivity index (χ2v) is 7.47. The van der Waals surface area contributed by atoms with Crippen molar-refractivity contribution in [2.75, 3.05) is 0 Å². The number of aryl methyl sites for hydroxylation is 2. The van der Waals surface area contributed by atoms with Gasteiger partial charge in [0.1, 0.15) is 5.75 Å². The van der Waals surface area contributed by atoms with E-state index in [1.54, 1.807) is 24.4 Å². The van der Waals surface area contributed by atoms with Crippen molar-refractivity contribution in [2.24, 2.45) is 5.10 Å². The third kappa shape index (κ3) is 4.05. The van der Waals surface area contributed by atoms with Crippen molar-refractivity contribution in [1.82, 2.24) is 9.99 Å². The van der Waals surface area contributed by atoms with Crippen LogP contribution in [0.15, 0.2) is 53.6 Å². The number of hydrogen-bond acceptors (Lipinski definition) is 3. The van der Waals surface area contributed by atoms with Crippen molar-refractivity contribution >= 4 is 34.7 Å². The molecule has 0 saturated carbocycles. The van der Waals surface area contributed by atoms with Gasteiger partial charge in [-0.15, -0.1) is 0 Å². The van der Waals surface area contributed by atoms with Crippen LogP contribution in [-0.4, -0.2) is 21.8 Å². The van der Waals surface area contributed by atoms with E-state index in [0.29, 0.717) is 0 Å². The molecular formula is C21H20IN3O2. The van der Waals surface area contributed by atoms with Crippen LogP contribution >= 0.6 is 22.6 Å². The fourth-order valence-corrected chi connectivity index (χ4v) is 3.31. The van der Waals surface area contributed by atoms with Crippen molar-refractivity contribution < 1.29 is 9.90 Å². The molecule has 2 aromatic carbocycles. The average Bonchev–Trinajstić information content (AvgIpc) is 2.91. The summed E-state index contributed by atoms with van der Waals surface area (Å²) in [6.45, 7) is 6.15. The monoisotopic (exact) mass is 473 g/mol. The van der Waals surface area contributed by atoms with E-state index in [4.69, 9.17) is 0 Å². The van der Waals surface area contributed by atoms with Crippen LogP contribution in [-0.2, 0) is 0 Å². The van der Waals surface area contributed by atoms with Gasteiger partial charge in [-0.3, -0.25) is 4.79 Å². The number of phenolic OH excluding ortho intramolecular Hbond substituents is 1. The second-order valence-electron chi connectivity index (χ2n) is 6.31. The Bertz CT molecular complexity index is 1040. The lowest BCUT2D eigenvalue weighted by atomic mass is 10.2. The lowest BCUT2D eigenvalue weighted by Gasteiger charge is -2.11. The molecule has 1 amide bonds. The number of benzene rings is 2. The number of nitrogens with zero attached hydrogens (tertiary/aromatic N) is 2. The first-order chi connectivity index (χ1) is 12.9. The van der Waals surface area contributed by atoms with Crippen LogP contribution in [0, 0.1) is 24.3 Å². The first-order valence-electron chi connectivity index (χ1n) is 8.45. The summed E-state index contributed by atoms with van der Waals surface area (Å²) >= 11 is 2.33. The molecule has 0 aliphatic rings. The summed E-state index contributed by atoms with van der Waals surface area (Å²) in [6.07, 6.45) is 1.62. The average molecular weight is 473 g/mol. The lowest BCUT2D eigenvalue weighted by Crippen LogP contribution is -2.17. The van der Waals surface area contributed by atoms with Crippen LogP contribution < -0.4 is 5.43 Å². The van der Waals surface area contributed by atoms with Gasteiger partial charge in [0.15, 0.2) is 0 Å². The molecule has 0 saturated heterocycles. The number of halogens is 1. The molecule has 138 valence electrons. The quantitative estimate of drug-likeness (QED) is 0.334. The summed E-state index contributed by atoms with van der Waals surface area (Å²) in [4.78, 5) is 12.1. The topological polar surface area (TPSA) is 66.6 Å². The highest BCUT2D eigenvalue weighted by Gasteiger charge is 2.11. The largest absolute Gasteiger partial charge is 0.507 e. The van der Waals surface area contributed by atoms with E-state index in [0.717, 1.165) is 22.6 Å². The van der Waals surface area contributed by atoms with Gasteiger partial charge < -0.3 is 9.67 Å². The van der Waals surface area contributed by atoms with Crippen molar-refractivity contribution in [3.05, 3.63) is 80.2 Å². The number of nitrogens with one attached hydrogen (secondary N) is 1. The van der Waals surface area contributed by atoms with Crippen molar-refractivity contribution in [2.45, 2.75) is 20.8 Å². The van der Waals surface area contributed by atoms with Crippen molar-refractivity contribution in [3.8, 4) is 11.4 Å². The third-order valence-corrected chi connectivity index (χ3v) is 5.60. The summed E-state index contributed by atoms with van der Waals surface area (Å²) in [5, 5.41) is 13.8. The number of phenols is 1. The molecule has 27 heavy (non-hydrogen) atoms. The minimum atomic E-state index is -0.452. The second kappa shape index (κ2) is 7.96. The number of carbonyl (C=O) groups is 1. The molecule has 0 spiro atoms. The fourth-order valence-electron chi connectivity index (χ4n) is 2.97. The number of carbonyl (C=O) groups excluding carboxylic acids is 1. The number of rotatable bonds is 4. The van der Waals surface area contributed by atoms with Crippen LogP contribution in [0.1, 0.15) is 32.9 Å². The van der Waals surface area contributed by atoms with Gasteiger partial charge in [-0.2, -0.15) is 5.10 Å². The Hall–Kier alpha value is -2.61. The van der Waals surface area contributed by atoms with Crippen LogP contribution in [0.4, 0.5) is 0 Å². The molecule has 3 aromatic rings. The predicted molar refractivity (Wildman–Crippen MR) is 116 cm³/mol. The zero-order valence-corrected chi connectivity index (χ0v) is 17.5. The molecule has 0 fully saturated rings. The molecule has 2 N–H and O–H groups in total. The first kappa shape index (κ1) is 19.2. The minimum Gasteiger partial charge on any atom is -0.507 e. The molecular weight excluding hydrogens is 453 g/mol. The number of amides is 1. The number of hydrazone groups is 1. The third-order valence-electron chi connectivity index (χ3n) is 4.39. The molecule has 0 aliphatic heterocycles. The summed E-state index contributed by atoms with van der Waals surface area (Å²) in [6, 6.07) is 14.7. The normalized spacial score (nSPS) is 11.1.